The lowest BCUT2D eigenvalue weighted by Crippen LogP contribution is -2.53. The van der Waals surface area contributed by atoms with Crippen molar-refractivity contribution in [3.05, 3.63) is 29.8 Å². The van der Waals surface area contributed by atoms with E-state index >= 15 is 0 Å². The second-order valence-corrected chi connectivity index (χ2v) is 6.22. The van der Waals surface area contributed by atoms with Crippen molar-refractivity contribution >= 4 is 5.69 Å². The topological polar surface area (TPSA) is 35.7 Å². The normalized spacial score (nSPS) is 22.2. The minimum absolute atomic E-state index is 0.329. The first-order chi connectivity index (χ1) is 10.1. The molecule has 1 fully saturated rings. The molecule has 2 rings (SSSR count). The Labute approximate surface area is 129 Å². The largest absolute Gasteiger partial charge is 0.378 e. The van der Waals surface area contributed by atoms with Gasteiger partial charge >= 0.3 is 0 Å². The summed E-state index contributed by atoms with van der Waals surface area (Å²) >= 11 is 0. The average molecular weight is 290 g/mol. The van der Waals surface area contributed by atoms with E-state index in [1.807, 2.05) is 0 Å². The summed E-state index contributed by atoms with van der Waals surface area (Å²) in [7, 11) is 4.14. The van der Waals surface area contributed by atoms with Crippen LogP contribution in [0.15, 0.2) is 24.3 Å². The number of nitrogens with zero attached hydrogens (tertiary/aromatic N) is 3. The highest BCUT2D eigenvalue weighted by Crippen LogP contribution is 2.26. The molecule has 1 aliphatic heterocycles. The van der Waals surface area contributed by atoms with Crippen molar-refractivity contribution in [3.63, 3.8) is 0 Å². The molecule has 2 N–H and O–H groups in total. The Bertz CT molecular complexity index is 429. The summed E-state index contributed by atoms with van der Waals surface area (Å²) in [6.45, 7) is 9.77. The predicted octanol–water partition coefficient (Wildman–Crippen LogP) is 1.78. The molecule has 0 spiro atoms. The highest BCUT2D eigenvalue weighted by atomic mass is 15.3. The van der Waals surface area contributed by atoms with Gasteiger partial charge in [-0.15, -0.1) is 0 Å². The summed E-state index contributed by atoms with van der Waals surface area (Å²) in [5.74, 6) is 0. The predicted molar refractivity (Wildman–Crippen MR) is 90.8 cm³/mol. The van der Waals surface area contributed by atoms with Crippen LogP contribution in [-0.2, 0) is 0 Å². The van der Waals surface area contributed by atoms with Crippen molar-refractivity contribution in [1.82, 2.24) is 9.80 Å². The highest BCUT2D eigenvalue weighted by Gasteiger charge is 2.28. The maximum absolute atomic E-state index is 6.10. The quantitative estimate of drug-likeness (QED) is 0.897. The summed E-state index contributed by atoms with van der Waals surface area (Å²) in [4.78, 5) is 7.21. The Morgan fingerprint density at radius 1 is 1.24 bits per heavy atom. The molecule has 0 radical (unpaired) electrons. The third kappa shape index (κ3) is 3.76. The first-order valence-corrected chi connectivity index (χ1v) is 8.02. The summed E-state index contributed by atoms with van der Waals surface area (Å²) in [6.07, 6.45) is 0. The molecule has 2 atom stereocenters. The zero-order valence-corrected chi connectivity index (χ0v) is 13.9. The monoisotopic (exact) mass is 290 g/mol. The van der Waals surface area contributed by atoms with Gasteiger partial charge in [0.25, 0.3) is 0 Å². The summed E-state index contributed by atoms with van der Waals surface area (Å²) in [5.41, 5.74) is 8.67. The zero-order chi connectivity index (χ0) is 15.4. The summed E-state index contributed by atoms with van der Waals surface area (Å²) in [5, 5.41) is 0. The molecule has 1 aromatic carbocycles. The second kappa shape index (κ2) is 7.25. The third-order valence-corrected chi connectivity index (χ3v) is 4.63. The van der Waals surface area contributed by atoms with Crippen molar-refractivity contribution < 1.29 is 0 Å². The zero-order valence-electron chi connectivity index (χ0n) is 13.9. The molecule has 118 valence electrons. The van der Waals surface area contributed by atoms with Gasteiger partial charge in [-0.25, -0.2) is 0 Å². The van der Waals surface area contributed by atoms with Crippen LogP contribution >= 0.6 is 0 Å². The van der Waals surface area contributed by atoms with E-state index in [2.05, 4.69) is 66.9 Å². The molecule has 21 heavy (non-hydrogen) atoms. The van der Waals surface area contributed by atoms with E-state index in [0.717, 1.165) is 26.2 Å². The van der Waals surface area contributed by atoms with Gasteiger partial charge in [-0.2, -0.15) is 0 Å². The summed E-state index contributed by atoms with van der Waals surface area (Å²) < 4.78 is 0. The maximum atomic E-state index is 6.10. The van der Waals surface area contributed by atoms with Gasteiger partial charge in [0, 0.05) is 58.0 Å². The number of piperazine rings is 1. The molecule has 2 unspecified atom stereocenters. The highest BCUT2D eigenvalue weighted by molar-refractivity contribution is 5.46. The SMILES string of the molecule is CCN1CCN(C(CN)c2ccc(N(C)C)cc2)C(C)C1. The summed E-state index contributed by atoms with van der Waals surface area (Å²) in [6, 6.07) is 9.71. The van der Waals surface area contributed by atoms with Gasteiger partial charge < -0.3 is 15.5 Å². The number of hydrogen-bond donors (Lipinski definition) is 1. The van der Waals surface area contributed by atoms with Gasteiger partial charge in [0.1, 0.15) is 0 Å². The molecule has 4 nitrogen and oxygen atoms in total. The second-order valence-electron chi connectivity index (χ2n) is 6.22. The van der Waals surface area contributed by atoms with E-state index in [-0.39, 0.29) is 0 Å². The van der Waals surface area contributed by atoms with E-state index in [1.54, 1.807) is 0 Å². The lowest BCUT2D eigenvalue weighted by Gasteiger charge is -2.43. The molecular formula is C17H30N4. The van der Waals surface area contributed by atoms with E-state index in [0.29, 0.717) is 18.6 Å². The van der Waals surface area contributed by atoms with E-state index in [4.69, 9.17) is 5.73 Å². The number of rotatable bonds is 5. The maximum Gasteiger partial charge on any atom is 0.0474 e. The van der Waals surface area contributed by atoms with E-state index < -0.39 is 0 Å². The first-order valence-electron chi connectivity index (χ1n) is 8.02. The molecular weight excluding hydrogens is 260 g/mol. The molecule has 1 aliphatic rings. The molecule has 0 aromatic heterocycles. The molecule has 4 heteroatoms. The Morgan fingerprint density at radius 3 is 2.38 bits per heavy atom. The van der Waals surface area contributed by atoms with E-state index in [9.17, 15) is 0 Å². The van der Waals surface area contributed by atoms with Crippen LogP contribution in [0.3, 0.4) is 0 Å². The van der Waals surface area contributed by atoms with Crippen molar-refractivity contribution in [3.8, 4) is 0 Å². The van der Waals surface area contributed by atoms with E-state index in [1.165, 1.54) is 11.3 Å². The fourth-order valence-corrected chi connectivity index (χ4v) is 3.25. The van der Waals surface area contributed by atoms with Gasteiger partial charge in [0.05, 0.1) is 0 Å². The Balaban J connectivity index is 2.12. The number of anilines is 1. The lowest BCUT2D eigenvalue weighted by atomic mass is 10.0. The fraction of sp³-hybridized carbons (Fsp3) is 0.647. The van der Waals surface area contributed by atoms with Crippen LogP contribution in [0, 0.1) is 0 Å². The van der Waals surface area contributed by atoms with Crippen LogP contribution in [0.5, 0.6) is 0 Å². The molecule has 0 saturated carbocycles. The van der Waals surface area contributed by atoms with Crippen LogP contribution < -0.4 is 10.6 Å². The Kier molecular flexibility index (Phi) is 5.62. The molecule has 1 aromatic rings. The van der Waals surface area contributed by atoms with Crippen LogP contribution in [0.25, 0.3) is 0 Å². The van der Waals surface area contributed by atoms with Gasteiger partial charge in [-0.05, 0) is 31.2 Å². The number of likely N-dealkylation sites (N-methyl/N-ethyl adjacent to an activating group) is 1. The number of benzene rings is 1. The van der Waals surface area contributed by atoms with Crippen LogP contribution in [0.4, 0.5) is 5.69 Å². The van der Waals surface area contributed by atoms with Crippen LogP contribution in [-0.4, -0.2) is 62.7 Å². The Hall–Kier alpha value is -1.10. The number of nitrogens with two attached hydrogens (primary N) is 1. The average Bonchev–Trinajstić information content (AvgIpc) is 2.50. The molecule has 1 heterocycles. The Morgan fingerprint density at radius 2 is 1.90 bits per heavy atom. The smallest absolute Gasteiger partial charge is 0.0474 e. The third-order valence-electron chi connectivity index (χ3n) is 4.63. The molecule has 1 saturated heterocycles. The van der Waals surface area contributed by atoms with Crippen LogP contribution in [0.2, 0.25) is 0 Å². The molecule has 0 aliphatic carbocycles. The minimum Gasteiger partial charge on any atom is -0.378 e. The molecule has 0 amide bonds. The minimum atomic E-state index is 0.329. The van der Waals surface area contributed by atoms with Crippen LogP contribution in [0.1, 0.15) is 25.5 Å². The van der Waals surface area contributed by atoms with Crippen molar-refractivity contribution in [1.29, 1.82) is 0 Å². The number of hydrogen-bond acceptors (Lipinski definition) is 4. The standard InChI is InChI=1S/C17H30N4/c1-5-20-10-11-21(14(2)13-20)17(12-18)15-6-8-16(9-7-15)19(3)4/h6-9,14,17H,5,10-13,18H2,1-4H3. The van der Waals surface area contributed by atoms with Crippen molar-refractivity contribution in [2.75, 3.05) is 51.7 Å². The van der Waals surface area contributed by atoms with Gasteiger partial charge in [-0.3, -0.25) is 4.90 Å². The lowest BCUT2D eigenvalue weighted by molar-refractivity contribution is 0.0536. The van der Waals surface area contributed by atoms with Gasteiger partial charge in [0.2, 0.25) is 0 Å². The van der Waals surface area contributed by atoms with Crippen molar-refractivity contribution in [2.45, 2.75) is 25.9 Å². The van der Waals surface area contributed by atoms with Gasteiger partial charge in [-0.1, -0.05) is 19.1 Å². The fourth-order valence-electron chi connectivity index (χ4n) is 3.25. The molecule has 0 bridgehead atoms. The van der Waals surface area contributed by atoms with Gasteiger partial charge in [0.15, 0.2) is 0 Å². The first kappa shape index (κ1) is 16.3. The van der Waals surface area contributed by atoms with Crippen molar-refractivity contribution in [2.24, 2.45) is 5.73 Å².